The number of esters is 1. The van der Waals surface area contributed by atoms with Crippen molar-refractivity contribution in [2.24, 2.45) is 23.7 Å². The van der Waals surface area contributed by atoms with Crippen molar-refractivity contribution in [1.29, 1.82) is 0 Å². The second-order valence-electron chi connectivity index (χ2n) is 13.5. The molecule has 14 nitrogen and oxygen atoms in total. The summed E-state index contributed by atoms with van der Waals surface area (Å²) < 4.78 is 19.9. The van der Waals surface area contributed by atoms with Gasteiger partial charge < -0.3 is 44.6 Å². The Bertz CT molecular complexity index is 1200. The van der Waals surface area contributed by atoms with E-state index in [1.807, 2.05) is 13.8 Å². The van der Waals surface area contributed by atoms with Gasteiger partial charge in [0.15, 0.2) is 12.1 Å². The largest absolute Gasteiger partial charge is 0.462 e. The molecule has 0 radical (unpaired) electrons. The zero-order valence-corrected chi connectivity index (χ0v) is 30.4. The lowest BCUT2D eigenvalue weighted by atomic mass is 9.79. The molecule has 1 aliphatic heterocycles. The Kier molecular flexibility index (Phi) is 18.2. The van der Waals surface area contributed by atoms with Gasteiger partial charge in [0.1, 0.15) is 17.9 Å². The quantitative estimate of drug-likeness (QED) is 0.139. The number of nitrogens with zero attached hydrogens (tertiary/aromatic N) is 4. The average Bonchev–Trinajstić information content (AvgIpc) is 3.52. The second kappa shape index (κ2) is 21.0. The fourth-order valence-electron chi connectivity index (χ4n) is 6.50. The predicted molar refractivity (Wildman–Crippen MR) is 182 cm³/mol. The van der Waals surface area contributed by atoms with E-state index < -0.39 is 72.5 Å². The normalized spacial score (nSPS) is 30.7. The molecule has 0 spiro atoms. The van der Waals surface area contributed by atoms with Crippen molar-refractivity contribution in [1.82, 2.24) is 19.9 Å². The Balaban J connectivity index is 2.66. The molecule has 0 amide bonds. The van der Waals surface area contributed by atoms with E-state index in [4.69, 9.17) is 14.2 Å². The zero-order valence-electron chi connectivity index (χ0n) is 30.4. The van der Waals surface area contributed by atoms with Crippen LogP contribution in [0.5, 0.6) is 0 Å². The number of likely N-dealkylation sites (N-methyl/N-ethyl adjacent to an activating group) is 1. The lowest BCUT2D eigenvalue weighted by molar-refractivity contribution is -0.251. The number of aryl methyl sites for hydroxylation is 1. The summed E-state index contributed by atoms with van der Waals surface area (Å²) >= 11 is 0. The van der Waals surface area contributed by atoms with Crippen LogP contribution in [0, 0.1) is 23.7 Å². The van der Waals surface area contributed by atoms with E-state index in [1.54, 1.807) is 69.7 Å². The summed E-state index contributed by atoms with van der Waals surface area (Å²) in [5.41, 5.74) is 1.12. The maximum absolute atomic E-state index is 13.5. The number of aromatic nitrogens is 3. The molecule has 1 aromatic heterocycles. The van der Waals surface area contributed by atoms with Crippen LogP contribution in [-0.2, 0) is 37.0 Å². The molecule has 2 rings (SSSR count). The van der Waals surface area contributed by atoms with Gasteiger partial charge in [0.05, 0.1) is 50.2 Å². The minimum Gasteiger partial charge on any atom is -0.462 e. The van der Waals surface area contributed by atoms with Crippen molar-refractivity contribution in [2.45, 2.75) is 123 Å². The van der Waals surface area contributed by atoms with Crippen molar-refractivity contribution >= 4 is 11.8 Å². The fourth-order valence-corrected chi connectivity index (χ4v) is 6.50. The smallest absolute Gasteiger partial charge is 0.308 e. The number of ketones is 1. The molecule has 0 aromatic carbocycles. The van der Waals surface area contributed by atoms with Crippen LogP contribution < -0.4 is 0 Å². The molecular formula is C35H60N4O10. The van der Waals surface area contributed by atoms with Crippen LogP contribution in [-0.4, -0.2) is 127 Å². The Morgan fingerprint density at radius 3 is 2.39 bits per heavy atom. The van der Waals surface area contributed by atoms with Crippen LogP contribution in [0.2, 0.25) is 0 Å². The number of ether oxygens (including phenoxy) is 3. The standard InChI is InChI=1S/C35H60N4O10/c1-9-30-26(19-40)15-21(3)11-12-28(43)22(4)16-25(13-14-39-18-27(20-41)36-37-39)34(23(5)29(44)17-31(45)48-30)49-35(47-10-2)33(46)32(24(6)42)38(7)8/h11-12,15,18,22-26,29-30,32-35,40-42,44,46H,9-10,13-14,16-17,19-20H2,1-8H3/b12-11+,21-15+/t22-,23+,24-,25+,26-,29-,30-,32?,33?,34-,35+/m1/s1. The predicted octanol–water partition coefficient (Wildman–Crippen LogP) is 1.63. The molecule has 0 bridgehead atoms. The van der Waals surface area contributed by atoms with Crippen LogP contribution in [0.1, 0.15) is 72.9 Å². The minimum absolute atomic E-state index is 0.137. The van der Waals surface area contributed by atoms with E-state index in [0.29, 0.717) is 31.5 Å². The SMILES string of the molecule is CCO[C@@H](O[C@H]1[C@@H](CCn2cc(CO)nn2)C[C@@H](C)C(=O)/C=C/C(C)=C/[C@H](CO)[C@@H](CC)OC(=O)C[C@@H](O)[C@@H]1C)C(O)C([C@@H](C)O)N(C)C. The van der Waals surface area contributed by atoms with E-state index in [-0.39, 0.29) is 32.0 Å². The van der Waals surface area contributed by atoms with Crippen LogP contribution in [0.25, 0.3) is 0 Å². The molecular weight excluding hydrogens is 636 g/mol. The molecule has 11 atom stereocenters. The van der Waals surface area contributed by atoms with E-state index in [1.165, 1.54) is 6.08 Å². The molecule has 1 aliphatic rings. The third-order valence-electron chi connectivity index (χ3n) is 9.29. The van der Waals surface area contributed by atoms with Gasteiger partial charge in [0.2, 0.25) is 0 Å². The average molecular weight is 697 g/mol. The highest BCUT2D eigenvalue weighted by atomic mass is 16.7. The highest BCUT2D eigenvalue weighted by Gasteiger charge is 2.41. The lowest BCUT2D eigenvalue weighted by Gasteiger charge is -2.41. The first kappa shape index (κ1) is 42.6. The van der Waals surface area contributed by atoms with E-state index in [9.17, 15) is 35.1 Å². The summed E-state index contributed by atoms with van der Waals surface area (Å²) in [6.45, 7) is 10.4. The Morgan fingerprint density at radius 1 is 1.14 bits per heavy atom. The molecule has 0 aliphatic carbocycles. The Labute approximate surface area is 290 Å². The van der Waals surface area contributed by atoms with Crippen molar-refractivity contribution in [3.05, 3.63) is 35.7 Å². The number of rotatable bonds is 14. The van der Waals surface area contributed by atoms with Gasteiger partial charge in [-0.05, 0) is 66.1 Å². The topological polar surface area (TPSA) is 197 Å². The third kappa shape index (κ3) is 12.9. The van der Waals surface area contributed by atoms with Crippen LogP contribution >= 0.6 is 0 Å². The molecule has 14 heteroatoms. The van der Waals surface area contributed by atoms with Gasteiger partial charge in [-0.15, -0.1) is 5.10 Å². The van der Waals surface area contributed by atoms with E-state index in [0.717, 1.165) is 5.57 Å². The number of hydrogen-bond donors (Lipinski definition) is 5. The van der Waals surface area contributed by atoms with Gasteiger partial charge in [0, 0.05) is 30.9 Å². The first-order chi connectivity index (χ1) is 23.2. The van der Waals surface area contributed by atoms with Gasteiger partial charge in [-0.25, -0.2) is 0 Å². The van der Waals surface area contributed by atoms with Crippen molar-refractivity contribution < 1.29 is 49.3 Å². The number of carbonyl (C=O) groups is 2. The van der Waals surface area contributed by atoms with Crippen LogP contribution in [0.3, 0.4) is 0 Å². The van der Waals surface area contributed by atoms with Crippen molar-refractivity contribution in [3.63, 3.8) is 0 Å². The summed E-state index contributed by atoms with van der Waals surface area (Å²) in [6, 6.07) is -0.768. The molecule has 0 saturated carbocycles. The van der Waals surface area contributed by atoms with Crippen LogP contribution in [0.15, 0.2) is 30.0 Å². The van der Waals surface area contributed by atoms with Gasteiger partial charge in [-0.2, -0.15) is 0 Å². The molecule has 1 aromatic rings. The maximum atomic E-state index is 13.5. The van der Waals surface area contributed by atoms with Gasteiger partial charge in [-0.3, -0.25) is 14.3 Å². The Morgan fingerprint density at radius 2 is 1.84 bits per heavy atom. The third-order valence-corrected chi connectivity index (χ3v) is 9.29. The summed E-state index contributed by atoms with van der Waals surface area (Å²) in [5.74, 6) is -2.96. The van der Waals surface area contributed by atoms with Gasteiger partial charge in [-0.1, -0.05) is 43.7 Å². The molecule has 280 valence electrons. The monoisotopic (exact) mass is 696 g/mol. The first-order valence-corrected chi connectivity index (χ1v) is 17.3. The molecule has 49 heavy (non-hydrogen) atoms. The molecule has 0 fully saturated rings. The molecule has 5 N–H and O–H groups in total. The second-order valence-corrected chi connectivity index (χ2v) is 13.5. The molecule has 0 saturated heterocycles. The first-order valence-electron chi connectivity index (χ1n) is 17.3. The van der Waals surface area contributed by atoms with E-state index >= 15 is 0 Å². The number of allylic oxidation sites excluding steroid dienone is 3. The zero-order chi connectivity index (χ0) is 36.8. The van der Waals surface area contributed by atoms with Crippen molar-refractivity contribution in [3.8, 4) is 0 Å². The highest BCUT2D eigenvalue weighted by molar-refractivity contribution is 5.91. The summed E-state index contributed by atoms with van der Waals surface area (Å²) in [5, 5.41) is 61.3. The maximum Gasteiger partial charge on any atom is 0.308 e. The number of carbonyl (C=O) groups excluding carboxylic acids is 2. The fraction of sp³-hybridized carbons (Fsp3) is 0.771. The number of hydrogen-bond acceptors (Lipinski definition) is 13. The summed E-state index contributed by atoms with van der Waals surface area (Å²) in [6.07, 6.45) is 1.04. The van der Waals surface area contributed by atoms with Gasteiger partial charge in [0.25, 0.3) is 0 Å². The number of cyclic esters (lactones) is 1. The minimum atomic E-state index is -1.31. The molecule has 2 heterocycles. The highest BCUT2D eigenvalue weighted by Crippen LogP contribution is 2.33. The number of aliphatic hydroxyl groups excluding tert-OH is 5. The summed E-state index contributed by atoms with van der Waals surface area (Å²) in [7, 11) is 3.44. The van der Waals surface area contributed by atoms with Gasteiger partial charge >= 0.3 is 5.97 Å². The number of aliphatic hydroxyl groups is 5. The molecule has 2 unspecified atom stereocenters. The van der Waals surface area contributed by atoms with E-state index in [2.05, 4.69) is 10.3 Å². The van der Waals surface area contributed by atoms with Crippen LogP contribution in [0.4, 0.5) is 0 Å². The van der Waals surface area contributed by atoms with Crippen molar-refractivity contribution in [2.75, 3.05) is 27.3 Å². The summed E-state index contributed by atoms with van der Waals surface area (Å²) in [4.78, 5) is 28.4. The Hall–Kier alpha value is -2.56. The lowest BCUT2D eigenvalue weighted by Crippen LogP contribution is -2.54.